The van der Waals surface area contributed by atoms with Crippen LogP contribution < -0.4 is 10.6 Å². The summed E-state index contributed by atoms with van der Waals surface area (Å²) in [5.41, 5.74) is -0.578. The van der Waals surface area contributed by atoms with E-state index in [4.69, 9.17) is 18.9 Å². The van der Waals surface area contributed by atoms with Gasteiger partial charge in [0.1, 0.15) is 23.4 Å². The van der Waals surface area contributed by atoms with Crippen molar-refractivity contribution >= 4 is 24.1 Å². The molecule has 0 aromatic rings. The number of ether oxygens (including phenoxy) is 4. The van der Waals surface area contributed by atoms with E-state index in [0.29, 0.717) is 12.0 Å². The number of carbonyl (C=O) groups is 4. The average molecular weight is 517 g/mol. The Bertz CT molecular complexity index is 795. The number of amides is 2. The molecule has 10 nitrogen and oxygen atoms in total. The van der Waals surface area contributed by atoms with Crippen LogP contribution in [0.2, 0.25) is 0 Å². The van der Waals surface area contributed by atoms with Crippen LogP contribution in [0.1, 0.15) is 90.5 Å². The van der Waals surface area contributed by atoms with E-state index in [9.17, 15) is 19.2 Å². The average Bonchev–Trinajstić information content (AvgIpc) is 2.61. The molecule has 0 bridgehead atoms. The van der Waals surface area contributed by atoms with Gasteiger partial charge in [0.15, 0.2) is 0 Å². The molecule has 2 heterocycles. The maximum atomic E-state index is 11.6. The fourth-order valence-corrected chi connectivity index (χ4v) is 3.10. The lowest BCUT2D eigenvalue weighted by Gasteiger charge is -2.33. The first kappa shape index (κ1) is 35.4. The summed E-state index contributed by atoms with van der Waals surface area (Å²) in [5.74, 6) is -0.745. The lowest BCUT2D eigenvalue weighted by Crippen LogP contribution is -2.50. The van der Waals surface area contributed by atoms with Crippen molar-refractivity contribution in [1.82, 2.24) is 10.6 Å². The van der Waals surface area contributed by atoms with Gasteiger partial charge in [0.25, 0.3) is 0 Å². The van der Waals surface area contributed by atoms with Gasteiger partial charge in [-0.2, -0.15) is 0 Å². The van der Waals surface area contributed by atoms with Gasteiger partial charge < -0.3 is 29.6 Å². The van der Waals surface area contributed by atoms with E-state index < -0.39 is 29.5 Å². The molecule has 2 rings (SSSR count). The van der Waals surface area contributed by atoms with Crippen molar-refractivity contribution in [2.24, 2.45) is 5.92 Å². The predicted octanol–water partition coefficient (Wildman–Crippen LogP) is 4.89. The Morgan fingerprint density at radius 2 is 1.33 bits per heavy atom. The SMILES string of the molecule is C.C.CC1=C[C@@H](NC(=O)OC(C)(C)C)[C@@H](C)OC1=O.C[C@H]1C[C@@H](NC(=O)OC(C)(C)C)[C@@H](C)OC1=O. The van der Waals surface area contributed by atoms with E-state index in [1.165, 1.54) is 0 Å². The molecule has 0 saturated carbocycles. The third kappa shape index (κ3) is 12.8. The summed E-state index contributed by atoms with van der Waals surface area (Å²) >= 11 is 0. The maximum Gasteiger partial charge on any atom is 0.408 e. The van der Waals surface area contributed by atoms with E-state index in [1.807, 2.05) is 0 Å². The second kappa shape index (κ2) is 14.1. The van der Waals surface area contributed by atoms with Gasteiger partial charge in [-0.1, -0.05) is 21.8 Å². The highest BCUT2D eigenvalue weighted by Crippen LogP contribution is 2.21. The number of hydrogen-bond acceptors (Lipinski definition) is 8. The molecule has 210 valence electrons. The monoisotopic (exact) mass is 516 g/mol. The summed E-state index contributed by atoms with van der Waals surface area (Å²) in [6, 6.07) is -0.528. The Morgan fingerprint density at radius 3 is 1.81 bits per heavy atom. The van der Waals surface area contributed by atoms with E-state index in [-0.39, 0.29) is 50.9 Å². The van der Waals surface area contributed by atoms with Crippen molar-refractivity contribution in [1.29, 1.82) is 0 Å². The molecule has 0 radical (unpaired) electrons. The predicted molar refractivity (Wildman–Crippen MR) is 138 cm³/mol. The van der Waals surface area contributed by atoms with Gasteiger partial charge >= 0.3 is 24.1 Å². The van der Waals surface area contributed by atoms with Crippen LogP contribution in [0.5, 0.6) is 0 Å². The van der Waals surface area contributed by atoms with Gasteiger partial charge in [-0.25, -0.2) is 14.4 Å². The zero-order valence-electron chi connectivity index (χ0n) is 21.9. The standard InChI is InChI=1S/C12H21NO4.C12H19NO4.2CH4/c2*1-7-6-9(8(2)16-10(7)14)13-11(15)17-12(3,4)5;;/h7-9H,6H2,1-5H3,(H,13,15);6,8-9H,1-5H3,(H,13,15);2*1H4/t7-,8+,9+;8-,9-;;/m01../s1. The smallest absolute Gasteiger partial charge is 0.408 e. The summed E-state index contributed by atoms with van der Waals surface area (Å²) in [6.07, 6.45) is 0.570. The van der Waals surface area contributed by atoms with Crippen LogP contribution in [-0.2, 0) is 28.5 Å². The van der Waals surface area contributed by atoms with Gasteiger partial charge in [-0.05, 0) is 74.8 Å². The molecule has 36 heavy (non-hydrogen) atoms. The quantitative estimate of drug-likeness (QED) is 0.392. The summed E-state index contributed by atoms with van der Waals surface area (Å²) in [6.45, 7) is 17.7. The molecule has 0 aromatic heterocycles. The van der Waals surface area contributed by atoms with Crippen molar-refractivity contribution < 1.29 is 38.1 Å². The minimum atomic E-state index is -0.544. The first-order valence-corrected chi connectivity index (χ1v) is 11.5. The first-order chi connectivity index (χ1) is 15.4. The highest BCUT2D eigenvalue weighted by Gasteiger charge is 2.34. The number of nitrogens with one attached hydrogen (secondary N) is 2. The molecule has 2 aliphatic rings. The molecule has 2 N–H and O–H groups in total. The van der Waals surface area contributed by atoms with Gasteiger partial charge in [0.2, 0.25) is 0 Å². The molecule has 0 aliphatic carbocycles. The Balaban J connectivity index is 0. The molecule has 2 aliphatic heterocycles. The molecule has 1 saturated heterocycles. The number of alkyl carbamates (subject to hydrolysis) is 2. The van der Waals surface area contributed by atoms with E-state index >= 15 is 0 Å². The Kier molecular flexibility index (Phi) is 13.8. The Hall–Kier alpha value is -2.78. The number of esters is 2. The highest BCUT2D eigenvalue weighted by atomic mass is 16.6. The van der Waals surface area contributed by atoms with Crippen LogP contribution in [0.25, 0.3) is 0 Å². The zero-order valence-corrected chi connectivity index (χ0v) is 21.9. The van der Waals surface area contributed by atoms with Crippen LogP contribution in [0.15, 0.2) is 11.6 Å². The number of carbonyl (C=O) groups excluding carboxylic acids is 4. The van der Waals surface area contributed by atoms with Crippen LogP contribution in [0.4, 0.5) is 9.59 Å². The molecule has 2 amide bonds. The van der Waals surface area contributed by atoms with Crippen LogP contribution >= 0.6 is 0 Å². The second-order valence-electron chi connectivity index (χ2n) is 10.7. The maximum absolute atomic E-state index is 11.6. The number of hydrogen-bond donors (Lipinski definition) is 2. The summed E-state index contributed by atoms with van der Waals surface area (Å²) in [5, 5.41) is 5.40. The number of cyclic esters (lactones) is 2. The minimum absolute atomic E-state index is 0. The fraction of sp³-hybridized carbons (Fsp3) is 0.769. The lowest BCUT2D eigenvalue weighted by molar-refractivity contribution is -0.160. The van der Waals surface area contributed by atoms with Crippen LogP contribution in [0.3, 0.4) is 0 Å². The second-order valence-corrected chi connectivity index (χ2v) is 10.7. The molecular formula is C26H48N2O8. The Labute approximate surface area is 216 Å². The zero-order chi connectivity index (χ0) is 26.4. The molecule has 0 spiro atoms. The molecule has 0 unspecified atom stereocenters. The van der Waals surface area contributed by atoms with Crippen LogP contribution in [-0.4, -0.2) is 59.6 Å². The number of rotatable bonds is 2. The summed E-state index contributed by atoms with van der Waals surface area (Å²) in [4.78, 5) is 45.7. The van der Waals surface area contributed by atoms with Crippen molar-refractivity contribution in [3.05, 3.63) is 11.6 Å². The van der Waals surface area contributed by atoms with Crippen molar-refractivity contribution in [2.45, 2.75) is 126 Å². The summed E-state index contributed by atoms with van der Waals surface area (Å²) < 4.78 is 20.5. The lowest BCUT2D eigenvalue weighted by atomic mass is 9.95. The van der Waals surface area contributed by atoms with Crippen molar-refractivity contribution in [2.75, 3.05) is 0 Å². The van der Waals surface area contributed by atoms with Crippen molar-refractivity contribution in [3.8, 4) is 0 Å². The minimum Gasteiger partial charge on any atom is -0.460 e. The molecule has 10 heteroatoms. The van der Waals surface area contributed by atoms with Crippen molar-refractivity contribution in [3.63, 3.8) is 0 Å². The van der Waals surface area contributed by atoms with E-state index in [0.717, 1.165) is 0 Å². The molecule has 5 atom stereocenters. The van der Waals surface area contributed by atoms with E-state index in [2.05, 4.69) is 10.6 Å². The highest BCUT2D eigenvalue weighted by molar-refractivity contribution is 5.89. The molecule has 0 aromatic carbocycles. The van der Waals surface area contributed by atoms with Gasteiger partial charge in [-0.3, -0.25) is 4.79 Å². The third-order valence-corrected chi connectivity index (χ3v) is 4.81. The van der Waals surface area contributed by atoms with Gasteiger partial charge in [-0.15, -0.1) is 0 Å². The van der Waals surface area contributed by atoms with Gasteiger partial charge in [0.05, 0.1) is 18.0 Å². The summed E-state index contributed by atoms with van der Waals surface area (Å²) in [7, 11) is 0. The van der Waals surface area contributed by atoms with Crippen LogP contribution in [0, 0.1) is 5.92 Å². The fourth-order valence-electron chi connectivity index (χ4n) is 3.10. The molecule has 1 fully saturated rings. The largest absolute Gasteiger partial charge is 0.460 e. The Morgan fingerprint density at radius 1 is 0.861 bits per heavy atom. The van der Waals surface area contributed by atoms with Gasteiger partial charge in [0, 0.05) is 5.57 Å². The topological polar surface area (TPSA) is 129 Å². The normalized spacial score (nSPS) is 25.6. The first-order valence-electron chi connectivity index (χ1n) is 11.5. The third-order valence-electron chi connectivity index (χ3n) is 4.81. The van der Waals surface area contributed by atoms with E-state index in [1.54, 1.807) is 75.3 Å². The molecular weight excluding hydrogens is 468 g/mol.